The first-order valence-electron chi connectivity index (χ1n) is 6.01. The molecule has 0 amide bonds. The Kier molecular flexibility index (Phi) is 2.74. The van der Waals surface area contributed by atoms with Gasteiger partial charge in [0.15, 0.2) is 0 Å². The lowest BCUT2D eigenvalue weighted by Crippen LogP contribution is -2.10. The summed E-state index contributed by atoms with van der Waals surface area (Å²) in [6, 6.07) is 6.85. The van der Waals surface area contributed by atoms with Gasteiger partial charge in [-0.1, -0.05) is 6.07 Å². The SMILES string of the molecule is O=c1cc(O)cc(CC2(Cc3cccs3)CC2)o1. The predicted molar refractivity (Wildman–Crippen MR) is 70.0 cm³/mol. The van der Waals surface area contributed by atoms with Crippen molar-refractivity contribution in [1.82, 2.24) is 0 Å². The highest BCUT2D eigenvalue weighted by Gasteiger charge is 2.43. The third-order valence-corrected chi connectivity index (χ3v) is 4.32. The van der Waals surface area contributed by atoms with Crippen molar-refractivity contribution in [2.75, 3.05) is 0 Å². The van der Waals surface area contributed by atoms with Gasteiger partial charge in [-0.05, 0) is 36.1 Å². The fraction of sp³-hybridized carbons (Fsp3) is 0.357. The van der Waals surface area contributed by atoms with E-state index < -0.39 is 5.63 Å². The highest BCUT2D eigenvalue weighted by atomic mass is 32.1. The van der Waals surface area contributed by atoms with E-state index in [4.69, 9.17) is 4.42 Å². The standard InChI is InChI=1S/C14H14O3S/c15-10-6-11(17-13(16)7-10)8-14(3-4-14)9-12-2-1-5-18-12/h1-2,5-7,15H,3-4,8-9H2. The molecule has 1 saturated carbocycles. The third-order valence-electron chi connectivity index (χ3n) is 3.44. The average Bonchev–Trinajstić information content (AvgIpc) is 2.84. The highest BCUT2D eigenvalue weighted by molar-refractivity contribution is 7.09. The summed E-state index contributed by atoms with van der Waals surface area (Å²) in [5.74, 6) is 0.585. The van der Waals surface area contributed by atoms with Crippen LogP contribution >= 0.6 is 11.3 Å². The number of hydrogen-bond donors (Lipinski definition) is 1. The molecular weight excluding hydrogens is 248 g/mol. The Morgan fingerprint density at radius 3 is 2.78 bits per heavy atom. The molecule has 1 aliphatic rings. The summed E-state index contributed by atoms with van der Waals surface area (Å²) < 4.78 is 5.14. The molecule has 0 saturated heterocycles. The lowest BCUT2D eigenvalue weighted by molar-refractivity contribution is 0.383. The van der Waals surface area contributed by atoms with Gasteiger partial charge in [0.1, 0.15) is 11.5 Å². The van der Waals surface area contributed by atoms with Crippen LogP contribution in [0.4, 0.5) is 0 Å². The zero-order valence-corrected chi connectivity index (χ0v) is 10.7. The summed E-state index contributed by atoms with van der Waals surface area (Å²) in [7, 11) is 0. The van der Waals surface area contributed by atoms with Crippen LogP contribution in [0.2, 0.25) is 0 Å². The minimum Gasteiger partial charge on any atom is -0.508 e. The Labute approximate surface area is 109 Å². The summed E-state index contributed by atoms with van der Waals surface area (Å²) in [5.41, 5.74) is -0.244. The molecular formula is C14H14O3S. The van der Waals surface area contributed by atoms with Gasteiger partial charge in [-0.15, -0.1) is 11.3 Å². The lowest BCUT2D eigenvalue weighted by Gasteiger charge is -2.12. The molecule has 3 rings (SSSR count). The van der Waals surface area contributed by atoms with Gasteiger partial charge in [0.2, 0.25) is 0 Å². The monoisotopic (exact) mass is 262 g/mol. The lowest BCUT2D eigenvalue weighted by atomic mass is 9.95. The largest absolute Gasteiger partial charge is 0.508 e. The van der Waals surface area contributed by atoms with Crippen LogP contribution in [0.1, 0.15) is 23.5 Å². The van der Waals surface area contributed by atoms with Crippen LogP contribution in [0.3, 0.4) is 0 Å². The quantitative estimate of drug-likeness (QED) is 0.921. The Hall–Kier alpha value is -1.55. The Bertz CT molecular complexity index is 594. The summed E-state index contributed by atoms with van der Waals surface area (Å²) in [5, 5.41) is 11.5. The van der Waals surface area contributed by atoms with Crippen molar-refractivity contribution < 1.29 is 9.52 Å². The van der Waals surface area contributed by atoms with Gasteiger partial charge in [0.25, 0.3) is 0 Å². The summed E-state index contributed by atoms with van der Waals surface area (Å²) in [4.78, 5) is 12.6. The van der Waals surface area contributed by atoms with Crippen molar-refractivity contribution in [3.8, 4) is 5.75 Å². The molecule has 2 heterocycles. The second-order valence-electron chi connectivity index (χ2n) is 5.03. The second-order valence-corrected chi connectivity index (χ2v) is 6.07. The maximum atomic E-state index is 11.2. The number of thiophene rings is 1. The van der Waals surface area contributed by atoms with Crippen molar-refractivity contribution in [1.29, 1.82) is 0 Å². The summed E-state index contributed by atoms with van der Waals surface area (Å²) >= 11 is 1.76. The molecule has 1 fully saturated rings. The molecule has 2 aromatic rings. The zero-order chi connectivity index (χ0) is 12.6. The van der Waals surface area contributed by atoms with E-state index in [1.165, 1.54) is 4.88 Å². The van der Waals surface area contributed by atoms with E-state index in [2.05, 4.69) is 17.5 Å². The van der Waals surface area contributed by atoms with Crippen molar-refractivity contribution in [3.05, 3.63) is 50.7 Å². The molecule has 2 aromatic heterocycles. The maximum Gasteiger partial charge on any atom is 0.339 e. The first-order valence-corrected chi connectivity index (χ1v) is 6.89. The molecule has 1 N–H and O–H groups in total. The fourth-order valence-electron chi connectivity index (χ4n) is 2.35. The van der Waals surface area contributed by atoms with E-state index in [1.807, 2.05) is 0 Å². The van der Waals surface area contributed by atoms with Crippen molar-refractivity contribution >= 4 is 11.3 Å². The molecule has 0 bridgehead atoms. The van der Waals surface area contributed by atoms with E-state index in [-0.39, 0.29) is 11.2 Å². The molecule has 0 radical (unpaired) electrons. The minimum absolute atomic E-state index is 0.00632. The second kappa shape index (κ2) is 4.28. The molecule has 3 nitrogen and oxygen atoms in total. The molecule has 0 aliphatic heterocycles. The zero-order valence-electron chi connectivity index (χ0n) is 9.89. The summed E-state index contributed by atoms with van der Waals surface area (Å²) in [6.45, 7) is 0. The molecule has 18 heavy (non-hydrogen) atoms. The normalized spacial score (nSPS) is 16.7. The van der Waals surface area contributed by atoms with E-state index in [1.54, 1.807) is 17.4 Å². The minimum atomic E-state index is -0.475. The molecule has 0 unspecified atom stereocenters. The van der Waals surface area contributed by atoms with Crippen molar-refractivity contribution in [3.63, 3.8) is 0 Å². The van der Waals surface area contributed by atoms with Crippen molar-refractivity contribution in [2.45, 2.75) is 25.7 Å². The Balaban J connectivity index is 1.77. The average molecular weight is 262 g/mol. The van der Waals surface area contributed by atoms with Crippen molar-refractivity contribution in [2.24, 2.45) is 5.41 Å². The number of aromatic hydroxyl groups is 1. The van der Waals surface area contributed by atoms with Crippen LogP contribution in [0.15, 0.2) is 38.9 Å². The Morgan fingerprint density at radius 2 is 2.17 bits per heavy atom. The molecule has 4 heteroatoms. The third kappa shape index (κ3) is 2.48. The van der Waals surface area contributed by atoms with E-state index in [0.717, 1.165) is 31.7 Å². The first-order chi connectivity index (χ1) is 8.65. The van der Waals surface area contributed by atoms with Crippen LogP contribution in [0, 0.1) is 5.41 Å². The highest BCUT2D eigenvalue weighted by Crippen LogP contribution is 2.51. The molecule has 0 aromatic carbocycles. The topological polar surface area (TPSA) is 50.4 Å². The van der Waals surface area contributed by atoms with Gasteiger partial charge in [-0.3, -0.25) is 0 Å². The molecule has 1 aliphatic carbocycles. The van der Waals surface area contributed by atoms with Crippen LogP contribution in [-0.2, 0) is 12.8 Å². The smallest absolute Gasteiger partial charge is 0.339 e. The van der Waals surface area contributed by atoms with Gasteiger partial charge in [0.05, 0.1) is 6.07 Å². The van der Waals surface area contributed by atoms with Crippen LogP contribution in [-0.4, -0.2) is 5.11 Å². The van der Waals surface area contributed by atoms with E-state index in [0.29, 0.717) is 5.76 Å². The Morgan fingerprint density at radius 1 is 1.33 bits per heavy atom. The van der Waals surface area contributed by atoms with Crippen LogP contribution < -0.4 is 5.63 Å². The van der Waals surface area contributed by atoms with Gasteiger partial charge in [0, 0.05) is 17.4 Å². The maximum absolute atomic E-state index is 11.2. The van der Waals surface area contributed by atoms with Gasteiger partial charge in [-0.25, -0.2) is 4.79 Å². The van der Waals surface area contributed by atoms with Crippen LogP contribution in [0.25, 0.3) is 0 Å². The molecule has 94 valence electrons. The number of hydrogen-bond acceptors (Lipinski definition) is 4. The van der Waals surface area contributed by atoms with Gasteiger partial charge in [-0.2, -0.15) is 0 Å². The van der Waals surface area contributed by atoms with E-state index in [9.17, 15) is 9.90 Å². The van der Waals surface area contributed by atoms with Crippen LogP contribution in [0.5, 0.6) is 5.75 Å². The van der Waals surface area contributed by atoms with E-state index >= 15 is 0 Å². The van der Waals surface area contributed by atoms with Gasteiger partial charge >= 0.3 is 5.63 Å². The van der Waals surface area contributed by atoms with Gasteiger partial charge < -0.3 is 9.52 Å². The predicted octanol–water partition coefficient (Wildman–Crippen LogP) is 2.97. The summed E-state index contributed by atoms with van der Waals surface area (Å²) in [6.07, 6.45) is 4.08. The molecule has 0 spiro atoms. The number of rotatable bonds is 4. The molecule has 0 atom stereocenters. The first kappa shape index (κ1) is 11.5. The fourth-order valence-corrected chi connectivity index (χ4v) is 3.23.